The third-order valence-corrected chi connectivity index (χ3v) is 6.33. The van der Waals surface area contributed by atoms with Crippen LogP contribution >= 0.6 is 11.8 Å². The molecule has 1 aliphatic heterocycles. The maximum Gasteiger partial charge on any atom is 0.0309 e. The summed E-state index contributed by atoms with van der Waals surface area (Å²) in [5, 5.41) is 3.87. The van der Waals surface area contributed by atoms with Gasteiger partial charge in [0.25, 0.3) is 0 Å². The van der Waals surface area contributed by atoms with Crippen LogP contribution in [0.25, 0.3) is 0 Å². The van der Waals surface area contributed by atoms with Crippen molar-refractivity contribution in [3.05, 3.63) is 0 Å². The molecule has 0 radical (unpaired) electrons. The Morgan fingerprint density at radius 2 is 2.00 bits per heavy atom. The lowest BCUT2D eigenvalue weighted by Crippen LogP contribution is -2.66. The Bertz CT molecular complexity index is 312. The van der Waals surface area contributed by atoms with Crippen LogP contribution in [0.1, 0.15) is 47.5 Å². The van der Waals surface area contributed by atoms with E-state index in [-0.39, 0.29) is 0 Å². The zero-order valence-corrected chi connectivity index (χ0v) is 14.4. The first-order chi connectivity index (χ1) is 8.77. The molecule has 0 aromatic carbocycles. The highest BCUT2D eigenvalue weighted by Crippen LogP contribution is 2.42. The molecule has 1 N–H and O–H groups in total. The fourth-order valence-corrected chi connectivity index (χ4v) is 3.73. The summed E-state index contributed by atoms with van der Waals surface area (Å²) >= 11 is 2.00. The summed E-state index contributed by atoms with van der Waals surface area (Å²) in [6.45, 7) is 15.5. The molecule has 2 unspecified atom stereocenters. The van der Waals surface area contributed by atoms with E-state index in [1.54, 1.807) is 0 Å². The Kier molecular flexibility index (Phi) is 4.59. The summed E-state index contributed by atoms with van der Waals surface area (Å²) in [7, 11) is 0. The molecule has 0 amide bonds. The minimum atomic E-state index is 0.356. The van der Waals surface area contributed by atoms with E-state index >= 15 is 0 Å². The predicted molar refractivity (Wildman–Crippen MR) is 86.9 cm³/mol. The highest BCUT2D eigenvalue weighted by molar-refractivity contribution is 7.99. The first-order valence-corrected chi connectivity index (χ1v) is 9.04. The average Bonchev–Trinajstić information content (AvgIpc) is 3.12. The monoisotopic (exact) mass is 284 g/mol. The van der Waals surface area contributed by atoms with E-state index in [1.807, 2.05) is 11.8 Å². The molecule has 2 nitrogen and oxygen atoms in total. The molecule has 19 heavy (non-hydrogen) atoms. The Morgan fingerprint density at radius 3 is 2.47 bits per heavy atom. The molecular formula is C16H32N2S. The molecule has 0 aromatic heterocycles. The Balaban J connectivity index is 2.08. The highest BCUT2D eigenvalue weighted by atomic mass is 32.2. The van der Waals surface area contributed by atoms with Crippen molar-refractivity contribution < 1.29 is 0 Å². The molecule has 1 saturated heterocycles. The fourth-order valence-electron chi connectivity index (χ4n) is 3.44. The maximum atomic E-state index is 3.87. The molecule has 2 rings (SSSR count). The number of hydrogen-bond donors (Lipinski definition) is 1. The number of thioether (sulfide) groups is 1. The van der Waals surface area contributed by atoms with Crippen LogP contribution in [-0.4, -0.2) is 47.1 Å². The minimum absolute atomic E-state index is 0.356. The lowest BCUT2D eigenvalue weighted by molar-refractivity contribution is 0.0474. The molecule has 1 heterocycles. The Morgan fingerprint density at radius 1 is 1.37 bits per heavy atom. The van der Waals surface area contributed by atoms with Crippen LogP contribution in [0.15, 0.2) is 0 Å². The third-order valence-electron chi connectivity index (χ3n) is 5.10. The smallest absolute Gasteiger partial charge is 0.0309 e. The van der Waals surface area contributed by atoms with Crippen molar-refractivity contribution in [2.24, 2.45) is 11.8 Å². The van der Waals surface area contributed by atoms with E-state index in [4.69, 9.17) is 0 Å². The molecule has 0 aromatic rings. The molecule has 2 aliphatic rings. The summed E-state index contributed by atoms with van der Waals surface area (Å²) in [5.74, 6) is 1.65. The van der Waals surface area contributed by atoms with Gasteiger partial charge >= 0.3 is 0 Å². The van der Waals surface area contributed by atoms with Gasteiger partial charge in [0.05, 0.1) is 0 Å². The summed E-state index contributed by atoms with van der Waals surface area (Å²) in [6.07, 6.45) is 5.10. The largest absolute Gasteiger partial charge is 0.308 e. The van der Waals surface area contributed by atoms with Crippen molar-refractivity contribution in [2.45, 2.75) is 63.8 Å². The van der Waals surface area contributed by atoms with E-state index in [0.29, 0.717) is 16.3 Å². The van der Waals surface area contributed by atoms with E-state index in [9.17, 15) is 0 Å². The van der Waals surface area contributed by atoms with E-state index in [0.717, 1.165) is 18.4 Å². The van der Waals surface area contributed by atoms with Gasteiger partial charge in [-0.1, -0.05) is 13.8 Å². The van der Waals surface area contributed by atoms with E-state index < -0.39 is 0 Å². The summed E-state index contributed by atoms with van der Waals surface area (Å²) in [5.41, 5.74) is 0.361. The molecular weight excluding hydrogens is 252 g/mol. The van der Waals surface area contributed by atoms with Crippen molar-refractivity contribution in [1.29, 1.82) is 0 Å². The van der Waals surface area contributed by atoms with E-state index in [2.05, 4.69) is 51.1 Å². The van der Waals surface area contributed by atoms with Crippen LogP contribution in [0.3, 0.4) is 0 Å². The van der Waals surface area contributed by atoms with Gasteiger partial charge in [0.15, 0.2) is 0 Å². The quantitative estimate of drug-likeness (QED) is 0.834. The highest BCUT2D eigenvalue weighted by Gasteiger charge is 2.47. The Hall–Kier alpha value is 0.270. The van der Waals surface area contributed by atoms with Gasteiger partial charge in [0, 0.05) is 36.0 Å². The van der Waals surface area contributed by atoms with Gasteiger partial charge in [-0.3, -0.25) is 4.90 Å². The lowest BCUT2D eigenvalue weighted by Gasteiger charge is -2.50. The topological polar surface area (TPSA) is 15.3 Å². The zero-order chi connectivity index (χ0) is 14.3. The minimum Gasteiger partial charge on any atom is -0.308 e. The number of hydrogen-bond acceptors (Lipinski definition) is 3. The number of rotatable bonds is 5. The van der Waals surface area contributed by atoms with Crippen LogP contribution in [0, 0.1) is 11.8 Å². The first kappa shape index (κ1) is 15.7. The molecule has 1 aliphatic carbocycles. The molecule has 0 spiro atoms. The standard InChI is InChI=1S/C16H32N2S/c1-12(2)14-9-17-16(5,13-7-8-13)11-18(14)10-15(3,4)19-6/h12-14,17H,7-11H2,1-6H3. The fraction of sp³-hybridized carbons (Fsp3) is 1.00. The van der Waals surface area contributed by atoms with Crippen LogP contribution < -0.4 is 5.32 Å². The predicted octanol–water partition coefficient (Wildman–Crippen LogP) is 3.23. The van der Waals surface area contributed by atoms with Gasteiger partial charge in [-0.2, -0.15) is 11.8 Å². The average molecular weight is 285 g/mol. The second-order valence-corrected chi connectivity index (χ2v) is 9.27. The van der Waals surface area contributed by atoms with Crippen LogP contribution in [0.2, 0.25) is 0 Å². The summed E-state index contributed by atoms with van der Waals surface area (Å²) in [4.78, 5) is 2.77. The normalized spacial score (nSPS) is 33.9. The second-order valence-electron chi connectivity index (χ2n) is 7.75. The van der Waals surface area contributed by atoms with Gasteiger partial charge in [0.2, 0.25) is 0 Å². The van der Waals surface area contributed by atoms with Crippen molar-refractivity contribution in [1.82, 2.24) is 10.2 Å². The van der Waals surface area contributed by atoms with Gasteiger partial charge in [-0.15, -0.1) is 0 Å². The van der Waals surface area contributed by atoms with Gasteiger partial charge in [0.1, 0.15) is 0 Å². The number of piperazine rings is 1. The van der Waals surface area contributed by atoms with Crippen LogP contribution in [-0.2, 0) is 0 Å². The third kappa shape index (κ3) is 3.68. The van der Waals surface area contributed by atoms with Gasteiger partial charge in [-0.05, 0) is 51.7 Å². The SMILES string of the molecule is CSC(C)(C)CN1CC(C)(C2CC2)NCC1C(C)C. The van der Waals surface area contributed by atoms with Crippen molar-refractivity contribution >= 4 is 11.8 Å². The summed E-state index contributed by atoms with van der Waals surface area (Å²) in [6, 6.07) is 0.693. The number of nitrogens with zero attached hydrogens (tertiary/aromatic N) is 1. The van der Waals surface area contributed by atoms with Crippen LogP contribution in [0.5, 0.6) is 0 Å². The van der Waals surface area contributed by atoms with Crippen molar-refractivity contribution in [3.8, 4) is 0 Å². The zero-order valence-electron chi connectivity index (χ0n) is 13.6. The lowest BCUT2D eigenvalue weighted by atomic mass is 9.87. The maximum absolute atomic E-state index is 3.87. The second kappa shape index (κ2) is 5.57. The molecule has 2 fully saturated rings. The van der Waals surface area contributed by atoms with Gasteiger partial charge in [-0.25, -0.2) is 0 Å². The van der Waals surface area contributed by atoms with Gasteiger partial charge < -0.3 is 5.32 Å². The summed E-state index contributed by atoms with van der Waals surface area (Å²) < 4.78 is 0.356. The first-order valence-electron chi connectivity index (χ1n) is 7.82. The molecule has 2 atom stereocenters. The molecule has 112 valence electrons. The Labute approximate surface area is 124 Å². The molecule has 0 bridgehead atoms. The van der Waals surface area contributed by atoms with Crippen molar-refractivity contribution in [3.63, 3.8) is 0 Å². The molecule has 1 saturated carbocycles. The molecule has 3 heteroatoms. The number of nitrogens with one attached hydrogen (secondary N) is 1. The van der Waals surface area contributed by atoms with Crippen molar-refractivity contribution in [2.75, 3.05) is 25.9 Å². The van der Waals surface area contributed by atoms with E-state index in [1.165, 1.54) is 25.9 Å². The van der Waals surface area contributed by atoms with Crippen LogP contribution in [0.4, 0.5) is 0 Å².